The zero-order chi connectivity index (χ0) is 19.1. The fraction of sp³-hybridized carbons (Fsp3) is 0.273. The van der Waals surface area contributed by atoms with Gasteiger partial charge in [0.15, 0.2) is 0 Å². The molecule has 140 valence electrons. The summed E-state index contributed by atoms with van der Waals surface area (Å²) in [5, 5.41) is 3.83. The van der Waals surface area contributed by atoms with Crippen LogP contribution in [0.4, 0.5) is 0 Å². The highest BCUT2D eigenvalue weighted by atomic mass is 32.1. The van der Waals surface area contributed by atoms with Crippen LogP contribution in [0.1, 0.15) is 30.0 Å². The second kappa shape index (κ2) is 9.44. The van der Waals surface area contributed by atoms with Gasteiger partial charge in [0, 0.05) is 19.2 Å². The SMILES string of the molecule is CCN(CC)Cc1ccccc1CNC(=O)/C=C/c1nc2ccccc2s1. The third kappa shape index (κ3) is 5.25. The second-order valence-electron chi connectivity index (χ2n) is 6.30. The molecule has 0 spiro atoms. The van der Waals surface area contributed by atoms with Gasteiger partial charge in [0.1, 0.15) is 5.01 Å². The van der Waals surface area contributed by atoms with Crippen molar-refractivity contribution in [1.82, 2.24) is 15.2 Å². The number of rotatable bonds is 8. The minimum absolute atomic E-state index is 0.105. The summed E-state index contributed by atoms with van der Waals surface area (Å²) in [4.78, 5) is 19.1. The third-order valence-electron chi connectivity index (χ3n) is 4.55. The number of nitrogens with one attached hydrogen (secondary N) is 1. The molecule has 0 bridgehead atoms. The van der Waals surface area contributed by atoms with Crippen LogP contribution >= 0.6 is 11.3 Å². The first kappa shape index (κ1) is 19.3. The number of benzene rings is 2. The normalized spacial score (nSPS) is 11.5. The Morgan fingerprint density at radius 1 is 1.07 bits per heavy atom. The topological polar surface area (TPSA) is 45.2 Å². The number of carbonyl (C=O) groups is 1. The molecule has 5 heteroatoms. The van der Waals surface area contributed by atoms with Gasteiger partial charge in [0.05, 0.1) is 10.2 Å². The highest BCUT2D eigenvalue weighted by molar-refractivity contribution is 7.19. The van der Waals surface area contributed by atoms with E-state index in [9.17, 15) is 4.79 Å². The molecule has 1 heterocycles. The predicted octanol–water partition coefficient (Wildman–Crippen LogP) is 4.47. The van der Waals surface area contributed by atoms with Crippen LogP contribution < -0.4 is 5.32 Å². The van der Waals surface area contributed by atoms with Gasteiger partial charge < -0.3 is 5.32 Å². The quantitative estimate of drug-likeness (QED) is 0.588. The molecule has 1 amide bonds. The molecule has 0 saturated carbocycles. The van der Waals surface area contributed by atoms with Crippen molar-refractivity contribution in [3.8, 4) is 0 Å². The minimum atomic E-state index is -0.105. The van der Waals surface area contributed by atoms with Gasteiger partial charge >= 0.3 is 0 Å². The van der Waals surface area contributed by atoms with Crippen molar-refractivity contribution in [2.24, 2.45) is 0 Å². The number of carbonyl (C=O) groups excluding carboxylic acids is 1. The van der Waals surface area contributed by atoms with Crippen molar-refractivity contribution < 1.29 is 4.79 Å². The predicted molar refractivity (Wildman–Crippen MR) is 114 cm³/mol. The van der Waals surface area contributed by atoms with Crippen molar-refractivity contribution in [3.05, 3.63) is 70.7 Å². The summed E-state index contributed by atoms with van der Waals surface area (Å²) in [5.74, 6) is -0.105. The molecule has 0 fully saturated rings. The summed E-state index contributed by atoms with van der Waals surface area (Å²) >= 11 is 1.58. The zero-order valence-electron chi connectivity index (χ0n) is 15.8. The van der Waals surface area contributed by atoms with Crippen LogP contribution in [0.2, 0.25) is 0 Å². The lowest BCUT2D eigenvalue weighted by molar-refractivity contribution is -0.116. The number of para-hydroxylation sites is 1. The van der Waals surface area contributed by atoms with E-state index < -0.39 is 0 Å². The van der Waals surface area contributed by atoms with E-state index in [0.717, 1.165) is 40.4 Å². The van der Waals surface area contributed by atoms with Crippen molar-refractivity contribution in [1.29, 1.82) is 0 Å². The Kier molecular flexibility index (Phi) is 6.74. The van der Waals surface area contributed by atoms with Crippen LogP contribution in [0.15, 0.2) is 54.6 Å². The smallest absolute Gasteiger partial charge is 0.244 e. The molecular formula is C22H25N3OS. The maximum Gasteiger partial charge on any atom is 0.244 e. The van der Waals surface area contributed by atoms with E-state index in [1.165, 1.54) is 5.56 Å². The summed E-state index contributed by atoms with van der Waals surface area (Å²) in [5.41, 5.74) is 3.38. The lowest BCUT2D eigenvalue weighted by Gasteiger charge is -2.20. The third-order valence-corrected chi connectivity index (χ3v) is 5.55. The highest BCUT2D eigenvalue weighted by Gasteiger charge is 2.07. The first-order chi connectivity index (χ1) is 13.2. The van der Waals surface area contributed by atoms with Crippen LogP contribution in [0.5, 0.6) is 0 Å². The number of amides is 1. The van der Waals surface area contributed by atoms with Crippen LogP contribution in [0.3, 0.4) is 0 Å². The second-order valence-corrected chi connectivity index (χ2v) is 7.36. The number of fused-ring (bicyclic) bond motifs is 1. The van der Waals surface area contributed by atoms with Gasteiger partial charge in [-0.2, -0.15) is 0 Å². The lowest BCUT2D eigenvalue weighted by Crippen LogP contribution is -2.25. The van der Waals surface area contributed by atoms with Crippen molar-refractivity contribution in [3.63, 3.8) is 0 Å². The minimum Gasteiger partial charge on any atom is -0.348 e. The molecule has 0 unspecified atom stereocenters. The van der Waals surface area contributed by atoms with Crippen LogP contribution in [-0.4, -0.2) is 28.9 Å². The van der Waals surface area contributed by atoms with E-state index in [4.69, 9.17) is 0 Å². The molecule has 0 aliphatic carbocycles. The molecule has 0 aliphatic heterocycles. The number of hydrogen-bond acceptors (Lipinski definition) is 4. The lowest BCUT2D eigenvalue weighted by atomic mass is 10.1. The van der Waals surface area contributed by atoms with E-state index in [1.807, 2.05) is 30.3 Å². The van der Waals surface area contributed by atoms with Gasteiger partial charge in [-0.25, -0.2) is 4.98 Å². The molecule has 2 aromatic carbocycles. The molecule has 1 aromatic heterocycles. The number of thiazole rings is 1. The van der Waals surface area contributed by atoms with Gasteiger partial charge in [-0.1, -0.05) is 50.2 Å². The average molecular weight is 380 g/mol. The monoisotopic (exact) mass is 379 g/mol. The Morgan fingerprint density at radius 3 is 2.52 bits per heavy atom. The van der Waals surface area contributed by atoms with Gasteiger partial charge in [-0.05, 0) is 42.4 Å². The average Bonchev–Trinajstić information content (AvgIpc) is 3.12. The Hall–Kier alpha value is -2.50. The van der Waals surface area contributed by atoms with E-state index >= 15 is 0 Å². The van der Waals surface area contributed by atoms with Crippen molar-refractivity contribution in [2.75, 3.05) is 13.1 Å². The molecule has 0 saturated heterocycles. The maximum atomic E-state index is 12.2. The number of hydrogen-bond donors (Lipinski definition) is 1. The molecule has 0 atom stereocenters. The molecular weight excluding hydrogens is 354 g/mol. The maximum absolute atomic E-state index is 12.2. The largest absolute Gasteiger partial charge is 0.348 e. The summed E-state index contributed by atoms with van der Waals surface area (Å²) in [6, 6.07) is 16.3. The van der Waals surface area contributed by atoms with Crippen LogP contribution in [0.25, 0.3) is 16.3 Å². The Balaban J connectivity index is 1.60. The van der Waals surface area contributed by atoms with Crippen molar-refractivity contribution >= 4 is 33.5 Å². The first-order valence-electron chi connectivity index (χ1n) is 9.30. The van der Waals surface area contributed by atoms with Crippen molar-refractivity contribution in [2.45, 2.75) is 26.9 Å². The van der Waals surface area contributed by atoms with Crippen LogP contribution in [0, 0.1) is 0 Å². The van der Waals surface area contributed by atoms with E-state index in [0.29, 0.717) is 6.54 Å². The molecule has 4 nitrogen and oxygen atoms in total. The summed E-state index contributed by atoms with van der Waals surface area (Å²) in [6.07, 6.45) is 3.34. The molecule has 1 N–H and O–H groups in total. The summed E-state index contributed by atoms with van der Waals surface area (Å²) in [7, 11) is 0. The summed E-state index contributed by atoms with van der Waals surface area (Å²) in [6.45, 7) is 7.80. The van der Waals surface area contributed by atoms with Gasteiger partial charge in [-0.15, -0.1) is 11.3 Å². The van der Waals surface area contributed by atoms with Gasteiger partial charge in [-0.3, -0.25) is 9.69 Å². The Labute approximate surface area is 164 Å². The van der Waals surface area contributed by atoms with Gasteiger partial charge in [0.2, 0.25) is 5.91 Å². The zero-order valence-corrected chi connectivity index (χ0v) is 16.6. The summed E-state index contributed by atoms with van der Waals surface area (Å²) < 4.78 is 1.13. The van der Waals surface area contributed by atoms with E-state index in [-0.39, 0.29) is 5.91 Å². The molecule has 0 radical (unpaired) electrons. The molecule has 0 aliphatic rings. The molecule has 3 rings (SSSR count). The fourth-order valence-electron chi connectivity index (χ4n) is 2.92. The number of aromatic nitrogens is 1. The van der Waals surface area contributed by atoms with E-state index in [1.54, 1.807) is 23.5 Å². The molecule has 3 aromatic rings. The highest BCUT2D eigenvalue weighted by Crippen LogP contribution is 2.22. The van der Waals surface area contributed by atoms with E-state index in [2.05, 4.69) is 47.2 Å². The standard InChI is InChI=1S/C22H25N3OS/c1-3-25(4-2)16-18-10-6-5-9-17(18)15-23-21(26)13-14-22-24-19-11-7-8-12-20(19)27-22/h5-14H,3-4,15-16H2,1-2H3,(H,23,26)/b14-13+. The Bertz CT molecular complexity index is 895. The Morgan fingerprint density at radius 2 is 1.78 bits per heavy atom. The molecule has 27 heavy (non-hydrogen) atoms. The first-order valence-corrected chi connectivity index (χ1v) is 10.1. The van der Waals surface area contributed by atoms with Gasteiger partial charge in [0.25, 0.3) is 0 Å². The fourth-order valence-corrected chi connectivity index (χ4v) is 3.79. The number of nitrogens with zero attached hydrogens (tertiary/aromatic N) is 2. The van der Waals surface area contributed by atoms with Crippen LogP contribution in [-0.2, 0) is 17.9 Å².